The van der Waals surface area contributed by atoms with Gasteiger partial charge in [-0.15, -0.1) is 11.3 Å². The van der Waals surface area contributed by atoms with Gasteiger partial charge in [-0.2, -0.15) is 0 Å². The Morgan fingerprint density at radius 3 is 2.79 bits per heavy atom. The molecule has 1 atom stereocenters. The van der Waals surface area contributed by atoms with Crippen LogP contribution in [0.15, 0.2) is 26.7 Å². The van der Waals surface area contributed by atoms with Gasteiger partial charge in [-0.3, -0.25) is 0 Å². The van der Waals surface area contributed by atoms with E-state index in [1.54, 1.807) is 11.3 Å². The minimum absolute atomic E-state index is 0.384. The van der Waals surface area contributed by atoms with Gasteiger partial charge in [0, 0.05) is 41.3 Å². The minimum Gasteiger partial charge on any atom is -0.338 e. The highest BCUT2D eigenvalue weighted by molar-refractivity contribution is 9.13. The summed E-state index contributed by atoms with van der Waals surface area (Å²) in [6.45, 7) is 3.11. The zero-order valence-corrected chi connectivity index (χ0v) is 15.0. The normalized spacial score (nSPS) is 12.8. The lowest BCUT2D eigenvalue weighted by Crippen LogP contribution is -2.21. The second kappa shape index (κ2) is 7.02. The molecule has 6 heteroatoms. The van der Waals surface area contributed by atoms with E-state index in [9.17, 15) is 0 Å². The minimum atomic E-state index is 0.384. The summed E-state index contributed by atoms with van der Waals surface area (Å²) in [7, 11) is 2.04. The number of aryl methyl sites for hydroxylation is 2. The van der Waals surface area contributed by atoms with E-state index in [1.807, 2.05) is 19.4 Å². The standard InChI is InChI=1S/C13H17Br2N3S/c1-3-16-10(11-8-9(14)13(15)19-11)4-5-12-17-6-7-18(12)2/h6-8,10,16H,3-5H2,1-2H3. The van der Waals surface area contributed by atoms with Crippen LogP contribution in [0.1, 0.15) is 30.1 Å². The first-order valence-corrected chi connectivity index (χ1v) is 8.66. The summed E-state index contributed by atoms with van der Waals surface area (Å²) < 4.78 is 4.37. The number of thiophene rings is 1. The largest absolute Gasteiger partial charge is 0.338 e. The topological polar surface area (TPSA) is 29.9 Å². The van der Waals surface area contributed by atoms with Gasteiger partial charge in [0.05, 0.1) is 3.79 Å². The van der Waals surface area contributed by atoms with E-state index in [1.165, 1.54) is 4.88 Å². The third-order valence-corrected chi connectivity index (χ3v) is 6.41. The molecule has 0 aliphatic heterocycles. The number of halogens is 2. The van der Waals surface area contributed by atoms with Crippen molar-refractivity contribution >= 4 is 43.2 Å². The van der Waals surface area contributed by atoms with Gasteiger partial charge >= 0.3 is 0 Å². The molecule has 2 aromatic rings. The van der Waals surface area contributed by atoms with Crippen molar-refractivity contribution in [1.29, 1.82) is 0 Å². The lowest BCUT2D eigenvalue weighted by Gasteiger charge is -2.16. The number of aromatic nitrogens is 2. The first kappa shape index (κ1) is 15.2. The van der Waals surface area contributed by atoms with Gasteiger partial charge < -0.3 is 9.88 Å². The van der Waals surface area contributed by atoms with E-state index >= 15 is 0 Å². The number of rotatable bonds is 6. The lowest BCUT2D eigenvalue weighted by molar-refractivity contribution is 0.512. The lowest BCUT2D eigenvalue weighted by atomic mass is 10.1. The maximum atomic E-state index is 4.38. The summed E-state index contributed by atoms with van der Waals surface area (Å²) in [5, 5.41) is 3.55. The van der Waals surface area contributed by atoms with Crippen molar-refractivity contribution in [2.24, 2.45) is 7.05 Å². The van der Waals surface area contributed by atoms with E-state index in [0.717, 1.165) is 33.5 Å². The predicted octanol–water partition coefficient (Wildman–Crippen LogP) is 4.29. The molecule has 1 unspecified atom stereocenters. The molecule has 0 aliphatic rings. The van der Waals surface area contributed by atoms with Crippen LogP contribution in [-0.4, -0.2) is 16.1 Å². The number of imidazole rings is 1. The smallest absolute Gasteiger partial charge is 0.108 e. The molecule has 19 heavy (non-hydrogen) atoms. The Morgan fingerprint density at radius 2 is 2.26 bits per heavy atom. The van der Waals surface area contributed by atoms with Gasteiger partial charge in [-0.1, -0.05) is 6.92 Å². The van der Waals surface area contributed by atoms with Crippen molar-refractivity contribution in [2.45, 2.75) is 25.8 Å². The van der Waals surface area contributed by atoms with Gasteiger partial charge in [0.2, 0.25) is 0 Å². The quantitative estimate of drug-likeness (QED) is 0.775. The van der Waals surface area contributed by atoms with Crippen LogP contribution in [0.3, 0.4) is 0 Å². The van der Waals surface area contributed by atoms with E-state index in [-0.39, 0.29) is 0 Å². The van der Waals surface area contributed by atoms with Crippen molar-refractivity contribution in [2.75, 3.05) is 6.54 Å². The molecule has 1 N–H and O–H groups in total. The molecule has 3 nitrogen and oxygen atoms in total. The van der Waals surface area contributed by atoms with Crippen LogP contribution < -0.4 is 5.32 Å². The second-order valence-corrected chi connectivity index (χ2v) is 7.63. The molecule has 0 spiro atoms. The molecule has 0 radical (unpaired) electrons. The molecule has 0 aliphatic carbocycles. The molecule has 0 amide bonds. The van der Waals surface area contributed by atoms with Crippen LogP contribution in [0.2, 0.25) is 0 Å². The van der Waals surface area contributed by atoms with Crippen molar-refractivity contribution in [3.05, 3.63) is 37.4 Å². The van der Waals surface area contributed by atoms with Crippen LogP contribution in [0, 0.1) is 0 Å². The van der Waals surface area contributed by atoms with E-state index in [2.05, 4.69) is 59.7 Å². The van der Waals surface area contributed by atoms with Crippen molar-refractivity contribution in [1.82, 2.24) is 14.9 Å². The predicted molar refractivity (Wildman–Crippen MR) is 87.7 cm³/mol. The Hall–Kier alpha value is -0.170. The Balaban J connectivity index is 2.06. The number of hydrogen-bond acceptors (Lipinski definition) is 3. The Labute approximate surface area is 134 Å². The SMILES string of the molecule is CCNC(CCc1nccn1C)c1cc(Br)c(Br)s1. The number of nitrogens with zero attached hydrogens (tertiary/aromatic N) is 2. The molecule has 104 valence electrons. The third kappa shape index (κ3) is 3.90. The van der Waals surface area contributed by atoms with Gasteiger partial charge in [-0.05, 0) is 50.9 Å². The maximum absolute atomic E-state index is 4.38. The van der Waals surface area contributed by atoms with Gasteiger partial charge in [0.1, 0.15) is 5.82 Å². The summed E-state index contributed by atoms with van der Waals surface area (Å²) in [6.07, 6.45) is 5.89. The molecule has 2 heterocycles. The van der Waals surface area contributed by atoms with Crippen LogP contribution in [0.25, 0.3) is 0 Å². The summed E-state index contributed by atoms with van der Waals surface area (Å²) in [5.41, 5.74) is 0. The zero-order valence-electron chi connectivity index (χ0n) is 11.0. The van der Waals surface area contributed by atoms with E-state index in [0.29, 0.717) is 6.04 Å². The molecule has 0 saturated heterocycles. The van der Waals surface area contributed by atoms with Crippen molar-refractivity contribution in [3.63, 3.8) is 0 Å². The van der Waals surface area contributed by atoms with E-state index in [4.69, 9.17) is 0 Å². The molecule has 2 aromatic heterocycles. The zero-order chi connectivity index (χ0) is 13.8. The summed E-state index contributed by atoms with van der Waals surface area (Å²) in [5.74, 6) is 1.14. The Bertz CT molecular complexity index is 516. The average Bonchev–Trinajstić information content (AvgIpc) is 2.92. The highest BCUT2D eigenvalue weighted by atomic mass is 79.9. The average molecular weight is 407 g/mol. The van der Waals surface area contributed by atoms with Crippen molar-refractivity contribution < 1.29 is 0 Å². The van der Waals surface area contributed by atoms with Gasteiger partial charge in [-0.25, -0.2) is 4.98 Å². The fourth-order valence-corrected chi connectivity index (χ4v) is 4.24. The summed E-state index contributed by atoms with van der Waals surface area (Å²) in [4.78, 5) is 5.74. The fraction of sp³-hybridized carbons (Fsp3) is 0.462. The fourth-order valence-electron chi connectivity index (χ4n) is 2.04. The second-order valence-electron chi connectivity index (χ2n) is 4.37. The van der Waals surface area contributed by atoms with Crippen LogP contribution in [-0.2, 0) is 13.5 Å². The van der Waals surface area contributed by atoms with Crippen LogP contribution >= 0.6 is 43.2 Å². The highest BCUT2D eigenvalue weighted by Gasteiger charge is 2.15. The molecule has 0 fully saturated rings. The number of hydrogen-bond donors (Lipinski definition) is 1. The molecule has 0 bridgehead atoms. The van der Waals surface area contributed by atoms with Crippen LogP contribution in [0.4, 0.5) is 0 Å². The Morgan fingerprint density at radius 1 is 1.47 bits per heavy atom. The first-order valence-electron chi connectivity index (χ1n) is 6.26. The van der Waals surface area contributed by atoms with Crippen molar-refractivity contribution in [3.8, 4) is 0 Å². The van der Waals surface area contributed by atoms with Gasteiger partial charge in [0.25, 0.3) is 0 Å². The molecule has 0 aromatic carbocycles. The highest BCUT2D eigenvalue weighted by Crippen LogP contribution is 2.36. The van der Waals surface area contributed by atoms with E-state index < -0.39 is 0 Å². The third-order valence-electron chi connectivity index (χ3n) is 3.04. The van der Waals surface area contributed by atoms with Crippen LogP contribution in [0.5, 0.6) is 0 Å². The molecule has 2 rings (SSSR count). The maximum Gasteiger partial charge on any atom is 0.108 e. The Kier molecular flexibility index (Phi) is 5.62. The summed E-state index contributed by atoms with van der Waals surface area (Å²) >= 11 is 8.90. The first-order chi connectivity index (χ1) is 9.11. The molecule has 0 saturated carbocycles. The molecular weight excluding hydrogens is 390 g/mol. The molecular formula is C13H17Br2N3S. The monoisotopic (exact) mass is 405 g/mol. The number of nitrogens with one attached hydrogen (secondary N) is 1. The summed E-state index contributed by atoms with van der Waals surface area (Å²) in [6, 6.07) is 2.58. The van der Waals surface area contributed by atoms with Gasteiger partial charge in [0.15, 0.2) is 0 Å².